The second kappa shape index (κ2) is 15.2. The van der Waals surface area contributed by atoms with Crippen molar-refractivity contribution in [3.05, 3.63) is 153 Å². The van der Waals surface area contributed by atoms with Crippen LogP contribution in [-0.4, -0.2) is 60.0 Å². The highest BCUT2D eigenvalue weighted by Gasteiger charge is 2.51. The van der Waals surface area contributed by atoms with Crippen molar-refractivity contribution in [1.29, 1.82) is 0 Å². The maximum atomic E-state index is 13.6. The molecule has 0 saturated carbocycles. The molecule has 2 heterocycles. The number of halogens is 1. The van der Waals surface area contributed by atoms with Gasteiger partial charge in [-0.1, -0.05) is 66.2 Å². The van der Waals surface area contributed by atoms with Crippen LogP contribution in [0.4, 0.5) is 0 Å². The summed E-state index contributed by atoms with van der Waals surface area (Å²) in [7, 11) is 0. The first kappa shape index (κ1) is 34.1. The predicted octanol–water partition coefficient (Wildman–Crippen LogP) is 6.04. The molecule has 0 amide bonds. The van der Waals surface area contributed by atoms with E-state index in [9.17, 15) is 24.0 Å². The van der Waals surface area contributed by atoms with Crippen LogP contribution >= 0.6 is 11.6 Å². The normalized spacial score (nSPS) is 18.3. The molecule has 50 heavy (non-hydrogen) atoms. The van der Waals surface area contributed by atoms with Crippen LogP contribution in [0.2, 0.25) is 5.02 Å². The number of carbonyl (C=O) groups is 4. The van der Waals surface area contributed by atoms with Gasteiger partial charge < -0.3 is 28.3 Å². The summed E-state index contributed by atoms with van der Waals surface area (Å²) < 4.78 is 30.7. The molecule has 0 spiro atoms. The van der Waals surface area contributed by atoms with Crippen molar-refractivity contribution in [1.82, 2.24) is 4.57 Å². The fraction of sp³-hybridized carbons (Fsp3) is 0.184. The van der Waals surface area contributed by atoms with Crippen LogP contribution in [0.5, 0.6) is 0 Å². The lowest BCUT2D eigenvalue weighted by Gasteiger charge is -2.26. The van der Waals surface area contributed by atoms with Crippen LogP contribution in [0.25, 0.3) is 10.9 Å². The van der Waals surface area contributed by atoms with E-state index in [0.717, 1.165) is 0 Å². The number of nitrogens with zero attached hydrogens (tertiary/aromatic N) is 1. The molecule has 0 bridgehead atoms. The summed E-state index contributed by atoms with van der Waals surface area (Å²) in [6.07, 6.45) is -4.03. The Bertz CT molecular complexity index is 2090. The smallest absolute Gasteiger partial charge is 0.343 e. The number of carbonyl (C=O) groups excluding carboxylic acids is 4. The van der Waals surface area contributed by atoms with Crippen LogP contribution in [0.15, 0.2) is 120 Å². The molecule has 0 N–H and O–H groups in total. The first-order chi connectivity index (χ1) is 24.2. The molecule has 1 fully saturated rings. The van der Waals surface area contributed by atoms with Gasteiger partial charge in [-0.05, 0) is 61.5 Å². The lowest BCUT2D eigenvalue weighted by Crippen LogP contribution is -2.41. The SMILES string of the molecule is CCOC(=O)c1cn([C@@H]2O[C@H](COC(=O)c3ccccc3)[C@@H](OC(=O)c3ccccc3)[C@H]2OC(=O)c2ccccc2)c2ccc(Cl)cc2c1=O. The van der Waals surface area contributed by atoms with Crippen molar-refractivity contribution in [2.45, 2.75) is 31.5 Å². The molecule has 1 aliphatic rings. The molecule has 5 aromatic rings. The monoisotopic (exact) mass is 695 g/mol. The zero-order valence-electron chi connectivity index (χ0n) is 26.6. The summed E-state index contributed by atoms with van der Waals surface area (Å²) in [4.78, 5) is 66.7. The van der Waals surface area contributed by atoms with Gasteiger partial charge in [0.05, 0.1) is 28.8 Å². The summed E-state index contributed by atoms with van der Waals surface area (Å²) in [6, 6.07) is 29.0. The molecule has 1 saturated heterocycles. The summed E-state index contributed by atoms with van der Waals surface area (Å²) >= 11 is 6.27. The Balaban J connectivity index is 1.47. The second-order valence-electron chi connectivity index (χ2n) is 11.2. The molecular weight excluding hydrogens is 666 g/mol. The quantitative estimate of drug-likeness (QED) is 0.126. The van der Waals surface area contributed by atoms with E-state index in [2.05, 4.69) is 0 Å². The molecule has 0 radical (unpaired) electrons. The molecule has 0 unspecified atom stereocenters. The molecule has 1 aromatic heterocycles. The van der Waals surface area contributed by atoms with Gasteiger partial charge in [0.2, 0.25) is 5.43 Å². The third-order valence-corrected chi connectivity index (χ3v) is 8.18. The number of rotatable bonds is 10. The minimum atomic E-state index is -1.40. The summed E-state index contributed by atoms with van der Waals surface area (Å²) in [5.41, 5.74) is -0.0506. The Morgan fingerprint density at radius 1 is 0.700 bits per heavy atom. The number of benzene rings is 4. The van der Waals surface area contributed by atoms with Crippen molar-refractivity contribution in [2.75, 3.05) is 13.2 Å². The molecule has 4 aromatic carbocycles. The van der Waals surface area contributed by atoms with E-state index in [-0.39, 0.29) is 44.8 Å². The van der Waals surface area contributed by atoms with Gasteiger partial charge in [0.25, 0.3) is 0 Å². The van der Waals surface area contributed by atoms with Crippen LogP contribution in [0.1, 0.15) is 54.6 Å². The summed E-state index contributed by atoms with van der Waals surface area (Å²) in [5.74, 6) is -3.10. The van der Waals surface area contributed by atoms with Gasteiger partial charge >= 0.3 is 23.9 Å². The first-order valence-corrected chi connectivity index (χ1v) is 16.0. The van der Waals surface area contributed by atoms with Gasteiger partial charge in [-0.3, -0.25) is 4.79 Å². The third kappa shape index (κ3) is 7.29. The van der Waals surface area contributed by atoms with E-state index in [1.807, 2.05) is 0 Å². The van der Waals surface area contributed by atoms with Crippen molar-refractivity contribution < 1.29 is 42.9 Å². The number of ether oxygens (including phenoxy) is 5. The van der Waals surface area contributed by atoms with Crippen molar-refractivity contribution in [2.24, 2.45) is 0 Å². The minimum Gasteiger partial charge on any atom is -0.462 e. The van der Waals surface area contributed by atoms with Crippen molar-refractivity contribution >= 4 is 46.4 Å². The standard InChI is InChI=1S/C38H30ClNO10/c1-2-46-38(45)28-21-40(29-19-18-26(39)20-27(29)31(28)41)34-33(50-37(44)25-16-10-5-11-17-25)32(49-36(43)24-14-8-4-9-15-24)30(48-34)22-47-35(42)23-12-6-3-7-13-23/h3-21,30,32-34H,2,22H2,1H3/t30-,32-,33-,34-/m1/s1. The number of aromatic nitrogens is 1. The highest BCUT2D eigenvalue weighted by atomic mass is 35.5. The Morgan fingerprint density at radius 2 is 1.24 bits per heavy atom. The van der Waals surface area contributed by atoms with E-state index in [0.29, 0.717) is 0 Å². The van der Waals surface area contributed by atoms with Gasteiger partial charge in [0, 0.05) is 16.6 Å². The molecule has 11 nitrogen and oxygen atoms in total. The van der Waals surface area contributed by atoms with Crippen LogP contribution in [0.3, 0.4) is 0 Å². The predicted molar refractivity (Wildman–Crippen MR) is 181 cm³/mol. The van der Waals surface area contributed by atoms with Crippen molar-refractivity contribution in [3.8, 4) is 0 Å². The molecular formula is C38H30ClNO10. The van der Waals surface area contributed by atoms with Gasteiger partial charge in [-0.15, -0.1) is 0 Å². The second-order valence-corrected chi connectivity index (χ2v) is 11.6. The Hall–Kier alpha value is -5.78. The lowest BCUT2D eigenvalue weighted by molar-refractivity contribution is -0.0605. The molecule has 0 aliphatic carbocycles. The van der Waals surface area contributed by atoms with Gasteiger partial charge in [0.1, 0.15) is 18.3 Å². The molecule has 4 atom stereocenters. The molecule has 1 aliphatic heterocycles. The van der Waals surface area contributed by atoms with Crippen molar-refractivity contribution in [3.63, 3.8) is 0 Å². The fourth-order valence-electron chi connectivity index (χ4n) is 5.57. The van der Waals surface area contributed by atoms with E-state index in [1.54, 1.807) is 104 Å². The Labute approximate surface area is 290 Å². The zero-order chi connectivity index (χ0) is 35.2. The maximum Gasteiger partial charge on any atom is 0.343 e. The average molecular weight is 696 g/mol. The molecule has 6 rings (SSSR count). The van der Waals surface area contributed by atoms with E-state index >= 15 is 0 Å². The number of hydrogen-bond donors (Lipinski definition) is 0. The number of fused-ring (bicyclic) bond motifs is 1. The summed E-state index contributed by atoms with van der Waals surface area (Å²) in [6.45, 7) is 1.17. The Kier molecular flexibility index (Phi) is 10.4. The number of hydrogen-bond acceptors (Lipinski definition) is 10. The highest BCUT2D eigenvalue weighted by molar-refractivity contribution is 6.31. The first-order valence-electron chi connectivity index (χ1n) is 15.7. The maximum absolute atomic E-state index is 13.6. The number of esters is 4. The summed E-state index contributed by atoms with van der Waals surface area (Å²) in [5, 5.41) is 0.276. The van der Waals surface area contributed by atoms with E-state index < -0.39 is 60.5 Å². The highest BCUT2D eigenvalue weighted by Crippen LogP contribution is 2.37. The fourth-order valence-corrected chi connectivity index (χ4v) is 5.75. The zero-order valence-corrected chi connectivity index (χ0v) is 27.4. The Morgan fingerprint density at radius 3 is 1.80 bits per heavy atom. The molecule has 12 heteroatoms. The van der Waals surface area contributed by atoms with E-state index in [1.165, 1.54) is 22.9 Å². The minimum absolute atomic E-state index is 0.00450. The van der Waals surface area contributed by atoms with Crippen LogP contribution in [0, 0.1) is 0 Å². The molecule has 254 valence electrons. The van der Waals surface area contributed by atoms with E-state index in [4.69, 9.17) is 35.3 Å². The average Bonchev–Trinajstić information content (AvgIpc) is 3.47. The van der Waals surface area contributed by atoms with Gasteiger partial charge in [-0.2, -0.15) is 0 Å². The lowest BCUT2D eigenvalue weighted by atomic mass is 10.1. The van der Waals surface area contributed by atoms with Crippen LogP contribution in [-0.2, 0) is 23.7 Å². The van der Waals surface area contributed by atoms with Gasteiger partial charge in [0.15, 0.2) is 18.4 Å². The van der Waals surface area contributed by atoms with Crippen LogP contribution < -0.4 is 5.43 Å². The largest absolute Gasteiger partial charge is 0.462 e. The topological polar surface area (TPSA) is 136 Å². The van der Waals surface area contributed by atoms with Gasteiger partial charge in [-0.25, -0.2) is 19.2 Å². The number of pyridine rings is 1. The third-order valence-electron chi connectivity index (χ3n) is 7.94.